The van der Waals surface area contributed by atoms with Gasteiger partial charge in [-0.2, -0.15) is 0 Å². The van der Waals surface area contributed by atoms with E-state index in [0.29, 0.717) is 18.7 Å². The molecule has 0 aliphatic heterocycles. The second kappa shape index (κ2) is 7.61. The predicted octanol–water partition coefficient (Wildman–Crippen LogP) is 2.36. The number of carbonyl (C=O) groups excluding carboxylic acids is 1. The van der Waals surface area contributed by atoms with Gasteiger partial charge < -0.3 is 20.2 Å². The number of rotatable bonds is 7. The molecule has 0 aliphatic rings. The second-order valence-electron chi connectivity index (χ2n) is 5.62. The number of aromatic nitrogens is 1. The molecule has 2 heterocycles. The summed E-state index contributed by atoms with van der Waals surface area (Å²) in [4.78, 5) is 17.3. The quantitative estimate of drug-likeness (QED) is 0.724. The molecule has 3 N–H and O–H groups in total. The zero-order valence-electron chi connectivity index (χ0n) is 13.7. The van der Waals surface area contributed by atoms with Gasteiger partial charge in [0, 0.05) is 24.0 Å². The maximum absolute atomic E-state index is 11.8. The molecule has 1 unspecified atom stereocenters. The van der Waals surface area contributed by atoms with E-state index in [9.17, 15) is 9.90 Å². The first-order valence-corrected chi connectivity index (χ1v) is 8.47. The summed E-state index contributed by atoms with van der Waals surface area (Å²) in [7, 11) is 0. The molecular formula is C16H23N3O3S. The standard InChI is InChI=1S/C16H23N3O3S/c1-4-12-9-18-14(23-12)7-8-17-15(20)19-10-16(3,21)13-6-5-11(2)22-13/h5-6,9,21H,4,7-8,10H2,1-3H3,(H2,17,19,20). The fourth-order valence-corrected chi connectivity index (χ4v) is 2.90. The van der Waals surface area contributed by atoms with E-state index in [1.165, 1.54) is 4.88 Å². The zero-order valence-corrected chi connectivity index (χ0v) is 14.5. The van der Waals surface area contributed by atoms with Crippen LogP contribution in [0, 0.1) is 6.92 Å². The van der Waals surface area contributed by atoms with Crippen LogP contribution in [-0.2, 0) is 18.4 Å². The summed E-state index contributed by atoms with van der Waals surface area (Å²) in [5.41, 5.74) is -1.24. The maximum Gasteiger partial charge on any atom is 0.314 e. The smallest absolute Gasteiger partial charge is 0.314 e. The van der Waals surface area contributed by atoms with E-state index in [4.69, 9.17) is 4.42 Å². The molecule has 2 aromatic rings. The van der Waals surface area contributed by atoms with Gasteiger partial charge in [-0.15, -0.1) is 11.3 Å². The third kappa shape index (κ3) is 5.07. The summed E-state index contributed by atoms with van der Waals surface area (Å²) in [6.45, 7) is 6.08. The van der Waals surface area contributed by atoms with Gasteiger partial charge in [-0.05, 0) is 32.4 Å². The van der Waals surface area contributed by atoms with E-state index in [0.717, 1.165) is 17.2 Å². The molecule has 0 spiro atoms. The van der Waals surface area contributed by atoms with Crippen LogP contribution >= 0.6 is 11.3 Å². The van der Waals surface area contributed by atoms with Gasteiger partial charge in [-0.25, -0.2) is 9.78 Å². The van der Waals surface area contributed by atoms with E-state index >= 15 is 0 Å². The topological polar surface area (TPSA) is 87.4 Å². The predicted molar refractivity (Wildman–Crippen MR) is 89.6 cm³/mol. The van der Waals surface area contributed by atoms with E-state index in [-0.39, 0.29) is 12.6 Å². The van der Waals surface area contributed by atoms with Crippen LogP contribution in [0.15, 0.2) is 22.7 Å². The summed E-state index contributed by atoms with van der Waals surface area (Å²) in [6.07, 6.45) is 3.56. The lowest BCUT2D eigenvalue weighted by atomic mass is 10.0. The Morgan fingerprint density at radius 3 is 2.83 bits per heavy atom. The average Bonchev–Trinajstić information content (AvgIpc) is 3.14. The maximum atomic E-state index is 11.8. The number of amides is 2. The first-order chi connectivity index (χ1) is 10.9. The molecule has 0 aromatic carbocycles. The molecular weight excluding hydrogens is 314 g/mol. The van der Waals surface area contributed by atoms with Gasteiger partial charge in [0.1, 0.15) is 17.1 Å². The Kier molecular flexibility index (Phi) is 5.79. The van der Waals surface area contributed by atoms with Crippen LogP contribution in [0.2, 0.25) is 0 Å². The summed E-state index contributed by atoms with van der Waals surface area (Å²) >= 11 is 1.67. The minimum absolute atomic E-state index is 0.0724. The number of furan rings is 1. The summed E-state index contributed by atoms with van der Waals surface area (Å²) in [5, 5.41) is 16.8. The lowest BCUT2D eigenvalue weighted by Gasteiger charge is -2.21. The number of carbonyl (C=O) groups is 1. The number of hydrogen-bond acceptors (Lipinski definition) is 5. The van der Waals surface area contributed by atoms with Crippen LogP contribution in [0.5, 0.6) is 0 Å². The Balaban J connectivity index is 1.72. The molecule has 126 valence electrons. The summed E-state index contributed by atoms with van der Waals surface area (Å²) in [5.74, 6) is 1.16. The van der Waals surface area contributed by atoms with Crippen molar-refractivity contribution in [2.45, 2.75) is 39.2 Å². The number of urea groups is 1. The Bertz CT molecular complexity index is 649. The molecule has 2 rings (SSSR count). The molecule has 0 bridgehead atoms. The fraction of sp³-hybridized carbons (Fsp3) is 0.500. The highest BCUT2D eigenvalue weighted by atomic mass is 32.1. The van der Waals surface area contributed by atoms with Crippen LogP contribution in [0.3, 0.4) is 0 Å². The third-order valence-electron chi connectivity index (χ3n) is 3.44. The Labute approximate surface area is 139 Å². The highest BCUT2D eigenvalue weighted by Crippen LogP contribution is 2.21. The van der Waals surface area contributed by atoms with Crippen molar-refractivity contribution in [3.63, 3.8) is 0 Å². The molecule has 1 atom stereocenters. The van der Waals surface area contributed by atoms with Crippen molar-refractivity contribution in [2.75, 3.05) is 13.1 Å². The molecule has 7 heteroatoms. The Morgan fingerprint density at radius 1 is 1.43 bits per heavy atom. The van der Waals surface area contributed by atoms with Gasteiger partial charge in [-0.3, -0.25) is 0 Å². The molecule has 0 saturated heterocycles. The number of nitrogens with zero attached hydrogens (tertiary/aromatic N) is 1. The number of nitrogens with one attached hydrogen (secondary N) is 2. The van der Waals surface area contributed by atoms with Crippen molar-refractivity contribution in [3.8, 4) is 0 Å². The highest BCUT2D eigenvalue weighted by Gasteiger charge is 2.27. The molecule has 23 heavy (non-hydrogen) atoms. The van der Waals surface area contributed by atoms with E-state index in [2.05, 4.69) is 22.5 Å². The monoisotopic (exact) mass is 337 g/mol. The van der Waals surface area contributed by atoms with Crippen LogP contribution in [0.25, 0.3) is 0 Å². The number of aliphatic hydroxyl groups is 1. The minimum Gasteiger partial charge on any atom is -0.463 e. The van der Waals surface area contributed by atoms with Crippen molar-refractivity contribution < 1.29 is 14.3 Å². The molecule has 0 saturated carbocycles. The molecule has 6 nitrogen and oxygen atoms in total. The second-order valence-corrected chi connectivity index (χ2v) is 6.82. The Hall–Kier alpha value is -1.86. The Morgan fingerprint density at radius 2 is 2.22 bits per heavy atom. The van der Waals surface area contributed by atoms with Crippen LogP contribution < -0.4 is 10.6 Å². The fourth-order valence-electron chi connectivity index (χ4n) is 2.04. The van der Waals surface area contributed by atoms with E-state index in [1.54, 1.807) is 30.4 Å². The van der Waals surface area contributed by atoms with E-state index in [1.807, 2.05) is 13.1 Å². The molecule has 2 aromatic heterocycles. The summed E-state index contributed by atoms with van der Waals surface area (Å²) < 4.78 is 5.40. The van der Waals surface area contributed by atoms with Gasteiger partial charge in [0.15, 0.2) is 0 Å². The molecule has 0 aliphatic carbocycles. The van der Waals surface area contributed by atoms with Crippen molar-refractivity contribution in [2.24, 2.45) is 0 Å². The lowest BCUT2D eigenvalue weighted by molar-refractivity contribution is 0.0360. The van der Waals surface area contributed by atoms with Crippen molar-refractivity contribution in [3.05, 3.63) is 39.7 Å². The number of thiazole rings is 1. The van der Waals surface area contributed by atoms with Gasteiger partial charge in [0.25, 0.3) is 0 Å². The lowest BCUT2D eigenvalue weighted by Crippen LogP contribution is -2.43. The van der Waals surface area contributed by atoms with Gasteiger partial charge in [-0.1, -0.05) is 6.92 Å². The van der Waals surface area contributed by atoms with Gasteiger partial charge in [0.2, 0.25) is 0 Å². The van der Waals surface area contributed by atoms with Gasteiger partial charge in [0.05, 0.1) is 11.6 Å². The SMILES string of the molecule is CCc1cnc(CCNC(=O)NCC(C)(O)c2ccc(C)o2)s1. The number of aryl methyl sites for hydroxylation is 2. The van der Waals surface area contributed by atoms with Crippen molar-refractivity contribution >= 4 is 17.4 Å². The normalized spacial score (nSPS) is 13.6. The van der Waals surface area contributed by atoms with Crippen LogP contribution in [-0.4, -0.2) is 29.2 Å². The molecule has 0 radical (unpaired) electrons. The number of hydrogen-bond donors (Lipinski definition) is 3. The minimum atomic E-state index is -1.24. The van der Waals surface area contributed by atoms with Crippen molar-refractivity contribution in [1.82, 2.24) is 15.6 Å². The zero-order chi connectivity index (χ0) is 16.9. The van der Waals surface area contributed by atoms with E-state index < -0.39 is 5.60 Å². The average molecular weight is 337 g/mol. The van der Waals surface area contributed by atoms with Crippen molar-refractivity contribution in [1.29, 1.82) is 0 Å². The van der Waals surface area contributed by atoms with Crippen LogP contribution in [0.4, 0.5) is 4.79 Å². The summed E-state index contributed by atoms with van der Waals surface area (Å²) in [6, 6.07) is 3.17. The largest absolute Gasteiger partial charge is 0.463 e. The highest BCUT2D eigenvalue weighted by molar-refractivity contribution is 7.11. The first kappa shape index (κ1) is 17.5. The molecule has 2 amide bonds. The molecule has 0 fully saturated rings. The first-order valence-electron chi connectivity index (χ1n) is 7.65. The van der Waals surface area contributed by atoms with Crippen LogP contribution in [0.1, 0.15) is 35.3 Å². The van der Waals surface area contributed by atoms with Gasteiger partial charge >= 0.3 is 6.03 Å². The third-order valence-corrected chi connectivity index (χ3v) is 4.64.